The van der Waals surface area contributed by atoms with Gasteiger partial charge in [0.1, 0.15) is 0 Å². The molecule has 0 aliphatic carbocycles. The third-order valence-corrected chi connectivity index (χ3v) is 3.05. The number of hydrogen-bond acceptors (Lipinski definition) is 2. The minimum absolute atomic E-state index is 0.401. The molecule has 4 nitrogen and oxygen atoms in total. The van der Waals surface area contributed by atoms with Crippen molar-refractivity contribution in [3.8, 4) is 0 Å². The van der Waals surface area contributed by atoms with Gasteiger partial charge in [-0.2, -0.15) is 0 Å². The van der Waals surface area contributed by atoms with Crippen LogP contribution in [0.15, 0.2) is 35.3 Å². The highest BCUT2D eigenvalue weighted by atomic mass is 15.2. The maximum absolute atomic E-state index is 4.20. The first-order valence-corrected chi connectivity index (χ1v) is 7.44. The van der Waals surface area contributed by atoms with Crippen LogP contribution in [0.4, 0.5) is 5.69 Å². The van der Waals surface area contributed by atoms with Gasteiger partial charge in [-0.05, 0) is 39.3 Å². The van der Waals surface area contributed by atoms with Crippen LogP contribution in [0.25, 0.3) is 0 Å². The zero-order chi connectivity index (χ0) is 14.8. The molecule has 0 aliphatic rings. The molecule has 0 amide bonds. The van der Waals surface area contributed by atoms with E-state index in [2.05, 4.69) is 71.6 Å². The summed E-state index contributed by atoms with van der Waals surface area (Å²) in [5.74, 6) is 0.878. The lowest BCUT2D eigenvalue weighted by molar-refractivity contribution is 0.676. The molecule has 0 radical (unpaired) electrons. The maximum atomic E-state index is 4.20. The van der Waals surface area contributed by atoms with Gasteiger partial charge in [0.15, 0.2) is 5.96 Å². The molecule has 0 saturated carbocycles. The highest BCUT2D eigenvalue weighted by Gasteiger charge is 2.03. The second-order valence-corrected chi connectivity index (χ2v) is 5.07. The van der Waals surface area contributed by atoms with Crippen molar-refractivity contribution in [2.24, 2.45) is 4.99 Å². The zero-order valence-electron chi connectivity index (χ0n) is 13.2. The van der Waals surface area contributed by atoms with Crippen molar-refractivity contribution >= 4 is 11.6 Å². The average molecular weight is 276 g/mol. The topological polar surface area (TPSA) is 39.7 Å². The zero-order valence-corrected chi connectivity index (χ0v) is 13.2. The van der Waals surface area contributed by atoms with E-state index in [1.54, 1.807) is 7.05 Å². The van der Waals surface area contributed by atoms with E-state index in [4.69, 9.17) is 0 Å². The minimum Gasteiger partial charge on any atom is -0.372 e. The quantitative estimate of drug-likeness (QED) is 0.456. The average Bonchev–Trinajstić information content (AvgIpc) is 2.46. The SMILES string of the molecule is CCN(CCCNC(=NC)NC(C)C)c1ccccc1. The summed E-state index contributed by atoms with van der Waals surface area (Å²) in [4.78, 5) is 6.59. The summed E-state index contributed by atoms with van der Waals surface area (Å²) >= 11 is 0. The Balaban J connectivity index is 2.32. The van der Waals surface area contributed by atoms with Crippen molar-refractivity contribution in [2.45, 2.75) is 33.2 Å². The van der Waals surface area contributed by atoms with E-state index in [0.717, 1.165) is 32.0 Å². The van der Waals surface area contributed by atoms with Crippen molar-refractivity contribution in [3.63, 3.8) is 0 Å². The van der Waals surface area contributed by atoms with Gasteiger partial charge < -0.3 is 15.5 Å². The Morgan fingerprint density at radius 3 is 2.50 bits per heavy atom. The summed E-state index contributed by atoms with van der Waals surface area (Å²) in [7, 11) is 1.81. The van der Waals surface area contributed by atoms with E-state index in [0.29, 0.717) is 6.04 Å². The van der Waals surface area contributed by atoms with Gasteiger partial charge in [0.2, 0.25) is 0 Å². The molecule has 0 fully saturated rings. The molecule has 2 N–H and O–H groups in total. The number of nitrogens with one attached hydrogen (secondary N) is 2. The smallest absolute Gasteiger partial charge is 0.191 e. The van der Waals surface area contributed by atoms with Gasteiger partial charge in [0, 0.05) is 38.4 Å². The van der Waals surface area contributed by atoms with Gasteiger partial charge >= 0.3 is 0 Å². The third kappa shape index (κ3) is 5.95. The first kappa shape index (κ1) is 16.3. The minimum atomic E-state index is 0.401. The molecular formula is C16H28N4. The summed E-state index contributed by atoms with van der Waals surface area (Å²) in [6.45, 7) is 9.42. The van der Waals surface area contributed by atoms with Gasteiger partial charge in [-0.1, -0.05) is 18.2 Å². The van der Waals surface area contributed by atoms with Crippen molar-refractivity contribution in [2.75, 3.05) is 31.6 Å². The number of guanidine groups is 1. The van der Waals surface area contributed by atoms with Crippen LogP contribution in [0.1, 0.15) is 27.2 Å². The number of benzene rings is 1. The molecule has 1 aromatic carbocycles. The van der Waals surface area contributed by atoms with Gasteiger partial charge in [-0.3, -0.25) is 4.99 Å². The van der Waals surface area contributed by atoms with E-state index in [1.165, 1.54) is 5.69 Å². The molecule has 0 aliphatic heterocycles. The molecule has 0 aromatic heterocycles. The Kier molecular flexibility index (Phi) is 7.55. The summed E-state index contributed by atoms with van der Waals surface area (Å²) in [6, 6.07) is 11.0. The molecule has 1 aromatic rings. The van der Waals surface area contributed by atoms with E-state index in [9.17, 15) is 0 Å². The molecular weight excluding hydrogens is 248 g/mol. The molecule has 4 heteroatoms. The fourth-order valence-electron chi connectivity index (χ4n) is 2.05. The fourth-order valence-corrected chi connectivity index (χ4v) is 2.05. The Hall–Kier alpha value is -1.71. The molecule has 0 spiro atoms. The Bertz CT molecular complexity index is 387. The Morgan fingerprint density at radius 2 is 1.95 bits per heavy atom. The molecule has 1 rings (SSSR count). The van der Waals surface area contributed by atoms with Crippen LogP contribution >= 0.6 is 0 Å². The predicted octanol–water partition coefficient (Wildman–Crippen LogP) is 2.48. The van der Waals surface area contributed by atoms with Crippen molar-refractivity contribution in [3.05, 3.63) is 30.3 Å². The van der Waals surface area contributed by atoms with Gasteiger partial charge in [-0.15, -0.1) is 0 Å². The van der Waals surface area contributed by atoms with Crippen LogP contribution in [0.5, 0.6) is 0 Å². The van der Waals surface area contributed by atoms with E-state index in [1.807, 2.05) is 0 Å². The molecule has 0 heterocycles. The van der Waals surface area contributed by atoms with Gasteiger partial charge in [-0.25, -0.2) is 0 Å². The molecule has 112 valence electrons. The molecule has 20 heavy (non-hydrogen) atoms. The van der Waals surface area contributed by atoms with Crippen LogP contribution in [0, 0.1) is 0 Å². The highest BCUT2D eigenvalue weighted by molar-refractivity contribution is 5.79. The Morgan fingerprint density at radius 1 is 1.25 bits per heavy atom. The number of nitrogens with zero attached hydrogens (tertiary/aromatic N) is 2. The number of anilines is 1. The standard InChI is InChI=1S/C16H28N4/c1-5-20(15-10-7-6-8-11-15)13-9-12-18-16(17-4)19-14(2)3/h6-8,10-11,14H,5,9,12-13H2,1-4H3,(H2,17,18,19). The fraction of sp³-hybridized carbons (Fsp3) is 0.562. The van der Waals surface area contributed by atoms with Crippen LogP contribution in [0.2, 0.25) is 0 Å². The summed E-state index contributed by atoms with van der Waals surface area (Å²) in [6.07, 6.45) is 1.08. The van der Waals surface area contributed by atoms with Crippen LogP contribution in [-0.4, -0.2) is 38.7 Å². The molecule has 0 unspecified atom stereocenters. The third-order valence-electron chi connectivity index (χ3n) is 3.05. The van der Waals surface area contributed by atoms with Crippen LogP contribution in [-0.2, 0) is 0 Å². The largest absolute Gasteiger partial charge is 0.372 e. The highest BCUT2D eigenvalue weighted by Crippen LogP contribution is 2.12. The number of para-hydroxylation sites is 1. The summed E-state index contributed by atoms with van der Waals surface area (Å²) in [5.41, 5.74) is 1.29. The lowest BCUT2D eigenvalue weighted by Gasteiger charge is -2.23. The predicted molar refractivity (Wildman–Crippen MR) is 88.6 cm³/mol. The second-order valence-electron chi connectivity index (χ2n) is 5.07. The summed E-state index contributed by atoms with van der Waals surface area (Å²) in [5, 5.41) is 6.63. The van der Waals surface area contributed by atoms with E-state index in [-0.39, 0.29) is 0 Å². The van der Waals surface area contributed by atoms with E-state index >= 15 is 0 Å². The molecule has 0 bridgehead atoms. The lowest BCUT2D eigenvalue weighted by atomic mass is 10.2. The molecule has 0 saturated heterocycles. The summed E-state index contributed by atoms with van der Waals surface area (Å²) < 4.78 is 0. The maximum Gasteiger partial charge on any atom is 0.191 e. The van der Waals surface area contributed by atoms with E-state index < -0.39 is 0 Å². The number of hydrogen-bond donors (Lipinski definition) is 2. The normalized spacial score (nSPS) is 11.6. The Labute approximate surface area is 123 Å². The lowest BCUT2D eigenvalue weighted by Crippen LogP contribution is -2.42. The van der Waals surface area contributed by atoms with Crippen molar-refractivity contribution in [1.29, 1.82) is 0 Å². The van der Waals surface area contributed by atoms with Crippen LogP contribution < -0.4 is 15.5 Å². The number of aliphatic imine (C=N–C) groups is 1. The first-order valence-electron chi connectivity index (χ1n) is 7.44. The van der Waals surface area contributed by atoms with Crippen LogP contribution in [0.3, 0.4) is 0 Å². The number of rotatable bonds is 7. The molecule has 0 atom stereocenters. The first-order chi connectivity index (χ1) is 9.67. The monoisotopic (exact) mass is 276 g/mol. The van der Waals surface area contributed by atoms with Gasteiger partial charge in [0.05, 0.1) is 0 Å². The second kappa shape index (κ2) is 9.23. The van der Waals surface area contributed by atoms with Crippen molar-refractivity contribution < 1.29 is 0 Å². The van der Waals surface area contributed by atoms with Crippen molar-refractivity contribution in [1.82, 2.24) is 10.6 Å². The van der Waals surface area contributed by atoms with Gasteiger partial charge in [0.25, 0.3) is 0 Å².